The van der Waals surface area contributed by atoms with Crippen LogP contribution in [0.15, 0.2) is 57.0 Å². The van der Waals surface area contributed by atoms with Crippen molar-refractivity contribution in [1.82, 2.24) is 10.3 Å². The average Bonchev–Trinajstić information content (AvgIpc) is 3.26. The highest BCUT2D eigenvalue weighted by molar-refractivity contribution is 9.10. The molecule has 1 N–H and O–H groups in total. The Balaban J connectivity index is 1.81. The molecule has 1 fully saturated rings. The lowest BCUT2D eigenvalue weighted by molar-refractivity contribution is 0.0947. The normalized spacial score (nSPS) is 14.1. The SMILES string of the molecule is O=C(NC1CC1)c1cccnc1Sc1ccc(Br)cc1. The molecule has 20 heavy (non-hydrogen) atoms. The van der Waals surface area contributed by atoms with Crippen LogP contribution in [-0.4, -0.2) is 16.9 Å². The summed E-state index contributed by atoms with van der Waals surface area (Å²) in [6.07, 6.45) is 3.89. The van der Waals surface area contributed by atoms with Gasteiger partial charge in [-0.3, -0.25) is 4.79 Å². The lowest BCUT2D eigenvalue weighted by Gasteiger charge is -2.08. The Bertz CT molecular complexity index is 626. The summed E-state index contributed by atoms with van der Waals surface area (Å²) in [4.78, 5) is 17.6. The van der Waals surface area contributed by atoms with Crippen molar-refractivity contribution in [2.75, 3.05) is 0 Å². The van der Waals surface area contributed by atoms with Gasteiger partial charge in [0.1, 0.15) is 5.03 Å². The number of nitrogens with zero attached hydrogens (tertiary/aromatic N) is 1. The van der Waals surface area contributed by atoms with E-state index in [1.807, 2.05) is 30.3 Å². The molecule has 1 amide bonds. The summed E-state index contributed by atoms with van der Waals surface area (Å²) in [6, 6.07) is 12.0. The molecule has 0 bridgehead atoms. The molecule has 1 aromatic heterocycles. The van der Waals surface area contributed by atoms with Crippen LogP contribution in [0.4, 0.5) is 0 Å². The van der Waals surface area contributed by atoms with Gasteiger partial charge in [0.2, 0.25) is 0 Å². The molecule has 0 aliphatic heterocycles. The molecule has 1 saturated carbocycles. The molecule has 0 spiro atoms. The number of hydrogen-bond donors (Lipinski definition) is 1. The first-order valence-corrected chi connectivity index (χ1v) is 8.02. The second-order valence-corrected chi connectivity index (χ2v) is 6.64. The van der Waals surface area contributed by atoms with Crippen molar-refractivity contribution in [1.29, 1.82) is 0 Å². The zero-order chi connectivity index (χ0) is 13.9. The highest BCUT2D eigenvalue weighted by Gasteiger charge is 2.25. The molecule has 0 unspecified atom stereocenters. The van der Waals surface area contributed by atoms with Crippen molar-refractivity contribution < 1.29 is 4.79 Å². The number of amides is 1. The van der Waals surface area contributed by atoms with E-state index in [9.17, 15) is 4.79 Å². The molecule has 1 aliphatic carbocycles. The monoisotopic (exact) mass is 348 g/mol. The number of pyridine rings is 1. The Hall–Kier alpha value is -1.33. The van der Waals surface area contributed by atoms with E-state index in [-0.39, 0.29) is 5.91 Å². The van der Waals surface area contributed by atoms with Gasteiger partial charge < -0.3 is 5.32 Å². The minimum absolute atomic E-state index is 0.0276. The van der Waals surface area contributed by atoms with Crippen LogP contribution in [0.3, 0.4) is 0 Å². The van der Waals surface area contributed by atoms with E-state index in [2.05, 4.69) is 26.2 Å². The Morgan fingerprint density at radius 2 is 2.00 bits per heavy atom. The second kappa shape index (κ2) is 5.97. The van der Waals surface area contributed by atoms with E-state index in [4.69, 9.17) is 0 Å². The van der Waals surface area contributed by atoms with Crippen molar-refractivity contribution in [3.05, 3.63) is 52.6 Å². The Morgan fingerprint density at radius 1 is 1.25 bits per heavy atom. The summed E-state index contributed by atoms with van der Waals surface area (Å²) in [5.74, 6) is -0.0276. The minimum Gasteiger partial charge on any atom is -0.349 e. The van der Waals surface area contributed by atoms with Crippen molar-refractivity contribution in [3.63, 3.8) is 0 Å². The molecule has 1 aliphatic rings. The van der Waals surface area contributed by atoms with Crippen LogP contribution >= 0.6 is 27.7 Å². The van der Waals surface area contributed by atoms with Crippen LogP contribution in [0, 0.1) is 0 Å². The maximum absolute atomic E-state index is 12.2. The highest BCUT2D eigenvalue weighted by Crippen LogP contribution is 2.30. The fraction of sp³-hybridized carbons (Fsp3) is 0.200. The molecule has 0 atom stereocenters. The van der Waals surface area contributed by atoms with E-state index >= 15 is 0 Å². The van der Waals surface area contributed by atoms with Gasteiger partial charge in [-0.05, 0) is 49.2 Å². The predicted molar refractivity (Wildman–Crippen MR) is 83.0 cm³/mol. The number of benzene rings is 1. The van der Waals surface area contributed by atoms with Gasteiger partial charge in [-0.2, -0.15) is 0 Å². The first-order chi connectivity index (χ1) is 9.72. The minimum atomic E-state index is -0.0276. The first kappa shape index (κ1) is 13.6. The molecule has 102 valence electrons. The largest absolute Gasteiger partial charge is 0.349 e. The van der Waals surface area contributed by atoms with Gasteiger partial charge in [0.15, 0.2) is 0 Å². The number of hydrogen-bond acceptors (Lipinski definition) is 3. The third kappa shape index (κ3) is 3.41. The summed E-state index contributed by atoms with van der Waals surface area (Å²) in [5.41, 5.74) is 0.646. The number of carbonyl (C=O) groups excluding carboxylic acids is 1. The van der Waals surface area contributed by atoms with Crippen LogP contribution in [0.25, 0.3) is 0 Å². The van der Waals surface area contributed by atoms with Gasteiger partial charge >= 0.3 is 0 Å². The van der Waals surface area contributed by atoms with E-state index in [1.165, 1.54) is 11.8 Å². The van der Waals surface area contributed by atoms with Gasteiger partial charge in [-0.1, -0.05) is 27.7 Å². The third-order valence-corrected chi connectivity index (χ3v) is 4.51. The average molecular weight is 349 g/mol. The fourth-order valence-corrected chi connectivity index (χ4v) is 2.89. The van der Waals surface area contributed by atoms with Crippen molar-refractivity contribution in [2.45, 2.75) is 28.8 Å². The molecule has 2 aromatic rings. The van der Waals surface area contributed by atoms with Crippen LogP contribution < -0.4 is 5.32 Å². The highest BCUT2D eigenvalue weighted by atomic mass is 79.9. The maximum Gasteiger partial charge on any atom is 0.254 e. The van der Waals surface area contributed by atoms with Crippen molar-refractivity contribution in [3.8, 4) is 0 Å². The molecule has 1 heterocycles. The predicted octanol–water partition coefficient (Wildman–Crippen LogP) is 3.89. The quantitative estimate of drug-likeness (QED) is 0.911. The topological polar surface area (TPSA) is 42.0 Å². The standard InChI is InChI=1S/C15H13BrN2OS/c16-10-3-7-12(8-4-10)20-15-13(2-1-9-17-15)14(19)18-11-5-6-11/h1-4,7-9,11H,5-6H2,(H,18,19). The Kier molecular flexibility index (Phi) is 4.08. The number of halogens is 1. The molecule has 3 rings (SSSR count). The molecule has 3 nitrogen and oxygen atoms in total. The summed E-state index contributed by atoms with van der Waals surface area (Å²) >= 11 is 4.92. The third-order valence-electron chi connectivity index (χ3n) is 2.96. The van der Waals surface area contributed by atoms with Crippen LogP contribution in [-0.2, 0) is 0 Å². The van der Waals surface area contributed by atoms with Crippen LogP contribution in [0.5, 0.6) is 0 Å². The summed E-state index contributed by atoms with van der Waals surface area (Å²) in [6.45, 7) is 0. The number of rotatable bonds is 4. The van der Waals surface area contributed by atoms with Crippen LogP contribution in [0.1, 0.15) is 23.2 Å². The molecular weight excluding hydrogens is 336 g/mol. The lowest BCUT2D eigenvalue weighted by Crippen LogP contribution is -2.26. The van der Waals surface area contributed by atoms with Gasteiger partial charge in [0, 0.05) is 21.6 Å². The van der Waals surface area contributed by atoms with Gasteiger partial charge in [0.05, 0.1) is 5.56 Å². The number of aromatic nitrogens is 1. The van der Waals surface area contributed by atoms with Crippen molar-refractivity contribution in [2.24, 2.45) is 0 Å². The van der Waals surface area contributed by atoms with E-state index in [0.717, 1.165) is 27.2 Å². The number of nitrogens with one attached hydrogen (secondary N) is 1. The van der Waals surface area contributed by atoms with Gasteiger partial charge in [0.25, 0.3) is 5.91 Å². The van der Waals surface area contributed by atoms with E-state index < -0.39 is 0 Å². The van der Waals surface area contributed by atoms with E-state index in [1.54, 1.807) is 12.3 Å². The molecule has 5 heteroatoms. The van der Waals surface area contributed by atoms with Crippen molar-refractivity contribution >= 4 is 33.6 Å². The Labute approximate surface area is 130 Å². The lowest BCUT2D eigenvalue weighted by atomic mass is 10.2. The molecule has 1 aromatic carbocycles. The molecular formula is C15H13BrN2OS. The zero-order valence-electron chi connectivity index (χ0n) is 10.7. The fourth-order valence-electron chi connectivity index (χ4n) is 1.75. The van der Waals surface area contributed by atoms with E-state index in [0.29, 0.717) is 11.6 Å². The Morgan fingerprint density at radius 3 is 2.70 bits per heavy atom. The summed E-state index contributed by atoms with van der Waals surface area (Å²) in [7, 11) is 0. The van der Waals surface area contributed by atoms with Crippen LogP contribution in [0.2, 0.25) is 0 Å². The maximum atomic E-state index is 12.2. The summed E-state index contributed by atoms with van der Waals surface area (Å²) < 4.78 is 1.04. The zero-order valence-corrected chi connectivity index (χ0v) is 13.1. The number of carbonyl (C=O) groups is 1. The smallest absolute Gasteiger partial charge is 0.254 e. The molecule has 0 saturated heterocycles. The summed E-state index contributed by atoms with van der Waals surface area (Å²) in [5, 5.41) is 3.75. The first-order valence-electron chi connectivity index (χ1n) is 6.42. The van der Waals surface area contributed by atoms with Gasteiger partial charge in [-0.15, -0.1) is 0 Å². The van der Waals surface area contributed by atoms with Gasteiger partial charge in [-0.25, -0.2) is 4.98 Å². The molecule has 0 radical (unpaired) electrons. The second-order valence-electron chi connectivity index (χ2n) is 4.66.